The lowest BCUT2D eigenvalue weighted by Crippen LogP contribution is -2.37. The number of para-hydroxylation sites is 2. The van der Waals surface area contributed by atoms with Gasteiger partial charge in [0.1, 0.15) is 47.0 Å². The number of rotatable bonds is 15. The molecule has 2 saturated heterocycles. The molecule has 3 heterocycles. The van der Waals surface area contributed by atoms with Gasteiger partial charge in [-0.1, -0.05) is 97.1 Å². The van der Waals surface area contributed by atoms with E-state index in [1.165, 1.54) is 30.4 Å². The maximum Gasteiger partial charge on any atom is 0.207 e. The average Bonchev–Trinajstić information content (AvgIpc) is 3.42. The van der Waals surface area contributed by atoms with Crippen molar-refractivity contribution >= 4 is 22.4 Å². The Labute approximate surface area is 421 Å². The van der Waals surface area contributed by atoms with Gasteiger partial charge in [-0.15, -0.1) is 0 Å². The van der Waals surface area contributed by atoms with E-state index in [1.807, 2.05) is 97.1 Å². The number of piperidine rings is 2. The molecule has 6 aromatic carbocycles. The van der Waals surface area contributed by atoms with E-state index in [0.717, 1.165) is 76.5 Å². The van der Waals surface area contributed by atoms with Gasteiger partial charge in [0.15, 0.2) is 28.8 Å². The number of ether oxygens (including phenoxy) is 5. The number of likely N-dealkylation sites (tertiary alicyclic amines) is 2. The number of anilines is 1. The number of hydrogen-bond donors (Lipinski definition) is 2. The van der Waals surface area contributed by atoms with Crippen molar-refractivity contribution < 1.29 is 28.5 Å². The number of pyridine rings is 1. The van der Waals surface area contributed by atoms with Crippen LogP contribution in [0, 0.1) is 22.7 Å². The number of nitriles is 2. The fourth-order valence-electron chi connectivity index (χ4n) is 8.31. The van der Waals surface area contributed by atoms with Crippen molar-refractivity contribution in [2.75, 3.05) is 45.7 Å². The number of H-pyrrole nitrogens is 1. The van der Waals surface area contributed by atoms with Gasteiger partial charge in [0, 0.05) is 69.5 Å². The topological polar surface area (TPSA) is 162 Å². The van der Waals surface area contributed by atoms with Crippen LogP contribution in [0.3, 0.4) is 0 Å². The molecule has 72 heavy (non-hydrogen) atoms. The van der Waals surface area contributed by atoms with Crippen molar-refractivity contribution in [2.24, 2.45) is 0 Å². The largest absolute Gasteiger partial charge is 0.493 e. The van der Waals surface area contributed by atoms with Gasteiger partial charge in [0.2, 0.25) is 5.43 Å². The first-order valence-electron chi connectivity index (χ1n) is 24.0. The zero-order chi connectivity index (χ0) is 50.5. The monoisotopic (exact) mass is 964 g/mol. The highest BCUT2D eigenvalue weighted by Gasteiger charge is 2.24. The Morgan fingerprint density at radius 1 is 0.653 bits per heavy atom. The Balaban J connectivity index is 0.000000170. The van der Waals surface area contributed by atoms with E-state index in [2.05, 4.69) is 68.6 Å². The molecule has 0 spiro atoms. The normalized spacial score (nSPS) is 14.2. The molecule has 7 aromatic rings. The summed E-state index contributed by atoms with van der Waals surface area (Å²) in [4.78, 5) is 31.7. The van der Waals surface area contributed by atoms with Gasteiger partial charge in [-0.2, -0.15) is 10.5 Å². The van der Waals surface area contributed by atoms with E-state index in [0.29, 0.717) is 39.6 Å². The minimum absolute atomic E-state index is 0.0617. The fraction of sp³-hybridized carbons (Fsp3) is 0.254. The van der Waals surface area contributed by atoms with Crippen LogP contribution in [-0.4, -0.2) is 73.2 Å². The molecule has 2 aliphatic rings. The number of nitrogens with one attached hydrogen (secondary N) is 2. The number of carbonyl (C=O) groups is 1. The molecule has 368 valence electrons. The number of Topliss-reactive ketones (excluding diaryl/α,β-unsaturated/α-hetero) is 1. The predicted molar refractivity (Wildman–Crippen MR) is 281 cm³/mol. The summed E-state index contributed by atoms with van der Waals surface area (Å²) in [6, 6.07) is 53.2. The first kappa shape index (κ1) is 51.5. The Bertz CT molecular complexity index is 2960. The number of nitrogens with zero attached hydrogens (tertiary/aromatic N) is 4. The van der Waals surface area contributed by atoms with Crippen LogP contribution in [0.15, 0.2) is 174 Å². The fourth-order valence-corrected chi connectivity index (χ4v) is 8.31. The number of fused-ring (bicyclic) bond motifs is 1. The number of aromatic amines is 1. The number of ketones is 1. The van der Waals surface area contributed by atoms with Gasteiger partial charge < -0.3 is 34.0 Å². The highest BCUT2D eigenvalue weighted by atomic mass is 16.5. The van der Waals surface area contributed by atoms with Crippen molar-refractivity contribution in [1.29, 1.82) is 10.5 Å². The number of aromatic nitrogens is 1. The lowest BCUT2D eigenvalue weighted by Gasteiger charge is -2.32. The first-order chi connectivity index (χ1) is 35.2. The molecule has 0 amide bonds. The van der Waals surface area contributed by atoms with Crippen molar-refractivity contribution in [3.63, 3.8) is 0 Å². The van der Waals surface area contributed by atoms with E-state index >= 15 is 0 Å². The molecule has 13 nitrogen and oxygen atoms in total. The number of benzene rings is 6. The quantitative estimate of drug-likeness (QED) is 0.0740. The summed E-state index contributed by atoms with van der Waals surface area (Å²) in [6.45, 7) is 7.17. The molecule has 0 radical (unpaired) electrons. The summed E-state index contributed by atoms with van der Waals surface area (Å²) in [7, 11) is 3.18. The standard InChI is InChI=1S/C24H27N3O3.C23H23N3O3.C12H10O/c1-18(28)20(15-25)16-26-21-8-9-23(24(14-21)29-2)30-22-10-12-27(13-11-22)17-19-6-4-3-5-7-19;1-28-21-12-20-19(23(27)17(13-24)14-25-20)11-22(21)29-18-7-9-26(10-8-18)15-16-5-3-2-4-6-16;1-3-7-11(8-4-1)13-12-9-5-2-6-10-12/h3-9,14,16,22,26H,10-13,17H2,1-2H3;2-6,11-12,14,18H,7-10,15H2,1H3,(H,25,27);1-10H/b20-16+;;. The molecule has 0 saturated carbocycles. The third-order valence-electron chi connectivity index (χ3n) is 12.2. The van der Waals surface area contributed by atoms with E-state index < -0.39 is 0 Å². The minimum Gasteiger partial charge on any atom is -0.493 e. The Hall–Kier alpha value is -8.36. The lowest BCUT2D eigenvalue weighted by molar-refractivity contribution is -0.113. The highest BCUT2D eigenvalue weighted by Crippen LogP contribution is 2.34. The summed E-state index contributed by atoms with van der Waals surface area (Å²) in [5, 5.41) is 21.5. The van der Waals surface area contributed by atoms with Crippen molar-refractivity contribution in [3.05, 3.63) is 197 Å². The molecular formula is C59H60N6O7. The number of carbonyl (C=O) groups excluding carboxylic acids is 1. The van der Waals surface area contributed by atoms with Crippen LogP contribution >= 0.6 is 0 Å². The maximum absolute atomic E-state index is 12.5. The summed E-state index contributed by atoms with van der Waals surface area (Å²) < 4.78 is 29.0. The Morgan fingerprint density at radius 2 is 1.14 bits per heavy atom. The molecule has 0 aliphatic carbocycles. The van der Waals surface area contributed by atoms with Gasteiger partial charge in [-0.05, 0) is 86.2 Å². The molecule has 9 rings (SSSR count). The second-order valence-corrected chi connectivity index (χ2v) is 17.3. The molecule has 0 unspecified atom stereocenters. The van der Waals surface area contributed by atoms with Crippen LogP contribution in [0.4, 0.5) is 5.69 Å². The highest BCUT2D eigenvalue weighted by molar-refractivity contribution is 5.97. The Kier molecular flexibility index (Phi) is 19.0. The first-order valence-corrected chi connectivity index (χ1v) is 24.0. The second-order valence-electron chi connectivity index (χ2n) is 17.3. The third kappa shape index (κ3) is 15.1. The van der Waals surface area contributed by atoms with E-state index in [-0.39, 0.29) is 34.6 Å². The van der Waals surface area contributed by atoms with Crippen LogP contribution in [0.2, 0.25) is 0 Å². The Morgan fingerprint density at radius 3 is 1.61 bits per heavy atom. The van der Waals surface area contributed by atoms with Gasteiger partial charge >= 0.3 is 0 Å². The van der Waals surface area contributed by atoms with Crippen LogP contribution in [0.5, 0.6) is 34.5 Å². The zero-order valence-electron chi connectivity index (χ0n) is 41.0. The maximum atomic E-state index is 12.5. The molecule has 0 bridgehead atoms. The van der Waals surface area contributed by atoms with E-state index in [1.54, 1.807) is 32.4 Å². The lowest BCUT2D eigenvalue weighted by atomic mass is 10.1. The van der Waals surface area contributed by atoms with Crippen molar-refractivity contribution in [1.82, 2.24) is 14.8 Å². The summed E-state index contributed by atoms with van der Waals surface area (Å²) in [5.74, 6) is 3.88. The minimum atomic E-state index is -0.300. The number of methoxy groups -OCH3 is 2. The average molecular weight is 965 g/mol. The van der Waals surface area contributed by atoms with Crippen molar-refractivity contribution in [3.8, 4) is 46.6 Å². The van der Waals surface area contributed by atoms with Crippen LogP contribution < -0.4 is 34.4 Å². The second kappa shape index (κ2) is 26.6. The van der Waals surface area contributed by atoms with Crippen LogP contribution in [0.1, 0.15) is 49.3 Å². The summed E-state index contributed by atoms with van der Waals surface area (Å²) in [6.07, 6.45) is 6.77. The molecule has 2 aliphatic heterocycles. The van der Waals surface area contributed by atoms with Crippen LogP contribution in [-0.2, 0) is 17.9 Å². The summed E-state index contributed by atoms with van der Waals surface area (Å²) in [5.41, 5.74) is 3.84. The molecule has 13 heteroatoms. The van der Waals surface area contributed by atoms with Gasteiger partial charge in [0.05, 0.1) is 25.1 Å². The molecule has 2 fully saturated rings. The number of allylic oxidation sites excluding steroid dienone is 1. The molecule has 1 aromatic heterocycles. The zero-order valence-corrected chi connectivity index (χ0v) is 41.0. The van der Waals surface area contributed by atoms with Crippen molar-refractivity contribution in [2.45, 2.75) is 57.9 Å². The van der Waals surface area contributed by atoms with E-state index in [4.69, 9.17) is 34.2 Å². The molecular weight excluding hydrogens is 905 g/mol. The summed E-state index contributed by atoms with van der Waals surface area (Å²) >= 11 is 0. The SMILES string of the molecule is COc1cc(N/C=C(\C#N)C(C)=O)ccc1OC1CCN(Cc2ccccc2)CC1.COc1cc2[nH]cc(C#N)c(=O)c2cc1OC1CCN(Cc2ccccc2)CC1.c1ccc(Oc2ccccc2)cc1. The van der Waals surface area contributed by atoms with Gasteiger partial charge in [0.25, 0.3) is 0 Å². The predicted octanol–water partition coefficient (Wildman–Crippen LogP) is 11.1. The van der Waals surface area contributed by atoms with Crippen LogP contribution in [0.25, 0.3) is 10.9 Å². The van der Waals surface area contributed by atoms with E-state index in [9.17, 15) is 9.59 Å². The smallest absolute Gasteiger partial charge is 0.207 e. The molecule has 2 N–H and O–H groups in total. The molecule has 0 atom stereocenters. The van der Waals surface area contributed by atoms with Gasteiger partial charge in [-0.3, -0.25) is 19.4 Å². The number of hydrogen-bond acceptors (Lipinski definition) is 12. The van der Waals surface area contributed by atoms with Gasteiger partial charge in [-0.25, -0.2) is 0 Å². The third-order valence-corrected chi connectivity index (χ3v) is 12.2.